The van der Waals surface area contributed by atoms with Gasteiger partial charge in [0.25, 0.3) is 5.91 Å². The number of benzene rings is 2. The van der Waals surface area contributed by atoms with E-state index in [1.807, 2.05) is 69.3 Å². The van der Waals surface area contributed by atoms with Crippen molar-refractivity contribution in [3.05, 3.63) is 69.7 Å². The van der Waals surface area contributed by atoms with Crippen LogP contribution in [-0.4, -0.2) is 56.7 Å². The molecular formula is C26H33BrN4O4S. The van der Waals surface area contributed by atoms with Crippen LogP contribution in [0.15, 0.2) is 53.0 Å². The Labute approximate surface area is 224 Å². The number of hydrogen-bond donors (Lipinski definition) is 4. The van der Waals surface area contributed by atoms with E-state index in [9.17, 15) is 19.5 Å². The number of halogens is 1. The average molecular weight is 578 g/mol. The molecule has 4 amide bonds. The van der Waals surface area contributed by atoms with Crippen LogP contribution in [-0.2, 0) is 22.7 Å². The average Bonchev–Trinajstić information content (AvgIpc) is 3.16. The Bertz CT molecular complexity index is 1110. The van der Waals surface area contributed by atoms with Gasteiger partial charge in [-0.3, -0.25) is 9.59 Å². The van der Waals surface area contributed by atoms with Crippen molar-refractivity contribution in [3.63, 3.8) is 0 Å². The number of nitrogens with one attached hydrogen (secondary N) is 3. The number of hydrogen-bond acceptors (Lipinski definition) is 5. The molecule has 2 aromatic carbocycles. The summed E-state index contributed by atoms with van der Waals surface area (Å²) < 4.78 is 0.330. The SMILES string of the molecule is Cc1ccccc1CNC(=O)C1N(C(=O)C(O)C(C)NC(=O)NCc2ccccc2Br)CSC1(C)C. The minimum absolute atomic E-state index is 0.270. The fourth-order valence-corrected chi connectivity index (χ4v) is 5.60. The van der Waals surface area contributed by atoms with E-state index in [4.69, 9.17) is 0 Å². The van der Waals surface area contributed by atoms with Gasteiger partial charge in [-0.1, -0.05) is 58.4 Å². The Kier molecular flexibility index (Phi) is 9.43. The first kappa shape index (κ1) is 28.0. The number of amides is 4. The maximum Gasteiger partial charge on any atom is 0.315 e. The summed E-state index contributed by atoms with van der Waals surface area (Å²) in [6, 6.07) is 13.2. The quantitative estimate of drug-likeness (QED) is 0.385. The molecule has 1 fully saturated rings. The van der Waals surface area contributed by atoms with Gasteiger partial charge in [0.05, 0.1) is 11.9 Å². The van der Waals surface area contributed by atoms with Crippen molar-refractivity contribution in [2.24, 2.45) is 0 Å². The van der Waals surface area contributed by atoms with Crippen LogP contribution in [0.5, 0.6) is 0 Å². The standard InChI is InChI=1S/C26H33BrN4O4S/c1-16-9-5-6-10-18(16)13-28-23(33)22-26(3,4)36-15-31(22)24(34)21(32)17(2)30-25(35)29-14-19-11-7-8-12-20(19)27/h5-12,17,21-22,32H,13-15H2,1-4H3,(H,28,33)(H2,29,30,35). The van der Waals surface area contributed by atoms with Gasteiger partial charge >= 0.3 is 6.03 Å². The highest BCUT2D eigenvalue weighted by Gasteiger charge is 2.49. The van der Waals surface area contributed by atoms with Gasteiger partial charge in [0, 0.05) is 22.3 Å². The van der Waals surface area contributed by atoms with Crippen LogP contribution in [0.4, 0.5) is 4.79 Å². The highest BCUT2D eigenvalue weighted by Crippen LogP contribution is 2.39. The number of thioether (sulfide) groups is 1. The molecule has 1 heterocycles. The van der Waals surface area contributed by atoms with E-state index in [0.717, 1.165) is 21.2 Å². The van der Waals surface area contributed by atoms with Crippen molar-refractivity contribution >= 4 is 45.5 Å². The lowest BCUT2D eigenvalue weighted by atomic mass is 9.99. The van der Waals surface area contributed by atoms with Crippen LogP contribution < -0.4 is 16.0 Å². The molecule has 1 saturated heterocycles. The Morgan fingerprint density at radius 2 is 1.69 bits per heavy atom. The van der Waals surface area contributed by atoms with Crippen molar-refractivity contribution in [1.82, 2.24) is 20.9 Å². The van der Waals surface area contributed by atoms with Crippen molar-refractivity contribution in [2.45, 2.75) is 63.7 Å². The molecule has 0 aromatic heterocycles. The summed E-state index contributed by atoms with van der Waals surface area (Å²) in [4.78, 5) is 40.2. The van der Waals surface area contributed by atoms with Gasteiger partial charge in [-0.25, -0.2) is 4.79 Å². The third-order valence-corrected chi connectivity index (χ3v) is 8.42. The second kappa shape index (κ2) is 12.1. The molecule has 4 N–H and O–H groups in total. The van der Waals surface area contributed by atoms with Crippen LogP contribution >= 0.6 is 27.7 Å². The molecule has 8 nitrogen and oxygen atoms in total. The van der Waals surface area contributed by atoms with Crippen molar-refractivity contribution in [3.8, 4) is 0 Å². The van der Waals surface area contributed by atoms with E-state index in [0.29, 0.717) is 6.54 Å². The van der Waals surface area contributed by atoms with Gasteiger partial charge in [0.1, 0.15) is 6.04 Å². The van der Waals surface area contributed by atoms with Crippen LogP contribution in [0.3, 0.4) is 0 Å². The smallest absolute Gasteiger partial charge is 0.315 e. The molecule has 194 valence electrons. The zero-order valence-corrected chi connectivity index (χ0v) is 23.3. The number of aryl methyl sites for hydroxylation is 1. The third-order valence-electron chi connectivity index (χ3n) is 6.27. The fourth-order valence-electron chi connectivity index (χ4n) is 4.04. The molecule has 0 bridgehead atoms. The monoisotopic (exact) mass is 576 g/mol. The molecule has 1 aliphatic heterocycles. The number of carbonyl (C=O) groups excluding carboxylic acids is 3. The largest absolute Gasteiger partial charge is 0.381 e. The Morgan fingerprint density at radius 3 is 2.36 bits per heavy atom. The maximum absolute atomic E-state index is 13.2. The second-order valence-corrected chi connectivity index (χ2v) is 11.8. The Morgan fingerprint density at radius 1 is 1.08 bits per heavy atom. The maximum atomic E-state index is 13.2. The summed E-state index contributed by atoms with van der Waals surface area (Å²) >= 11 is 4.91. The minimum atomic E-state index is -1.50. The first-order valence-electron chi connectivity index (χ1n) is 11.7. The molecule has 36 heavy (non-hydrogen) atoms. The summed E-state index contributed by atoms with van der Waals surface area (Å²) in [5, 5.41) is 19.1. The van der Waals surface area contributed by atoms with Gasteiger partial charge in [-0.15, -0.1) is 11.8 Å². The highest BCUT2D eigenvalue weighted by molar-refractivity contribution is 9.10. The lowest BCUT2D eigenvalue weighted by Gasteiger charge is -2.32. The molecule has 3 atom stereocenters. The molecule has 2 aromatic rings. The number of rotatable bonds is 8. The van der Waals surface area contributed by atoms with E-state index in [1.165, 1.54) is 16.7 Å². The van der Waals surface area contributed by atoms with E-state index in [1.54, 1.807) is 6.92 Å². The summed E-state index contributed by atoms with van der Waals surface area (Å²) in [5.41, 5.74) is 2.96. The van der Waals surface area contributed by atoms with Crippen LogP contribution in [0, 0.1) is 6.92 Å². The summed E-state index contributed by atoms with van der Waals surface area (Å²) in [6.45, 7) is 7.99. The van der Waals surface area contributed by atoms with Crippen LogP contribution in [0.2, 0.25) is 0 Å². The van der Waals surface area contributed by atoms with Crippen molar-refractivity contribution < 1.29 is 19.5 Å². The minimum Gasteiger partial charge on any atom is -0.381 e. The van der Waals surface area contributed by atoms with Crippen molar-refractivity contribution in [2.75, 3.05) is 5.88 Å². The molecule has 0 spiro atoms. The molecule has 0 aliphatic carbocycles. The van der Waals surface area contributed by atoms with Gasteiger partial charge in [-0.05, 0) is 50.5 Å². The number of nitrogens with zero attached hydrogens (tertiary/aromatic N) is 1. The van der Waals surface area contributed by atoms with E-state index in [-0.39, 0.29) is 18.3 Å². The molecule has 3 unspecified atom stereocenters. The zero-order valence-electron chi connectivity index (χ0n) is 20.9. The Balaban J connectivity index is 1.60. The second-order valence-electron chi connectivity index (χ2n) is 9.38. The molecule has 3 rings (SSSR count). The topological polar surface area (TPSA) is 111 Å². The molecule has 0 saturated carbocycles. The summed E-state index contributed by atoms with van der Waals surface area (Å²) in [6.07, 6.45) is -1.50. The first-order valence-corrected chi connectivity index (χ1v) is 13.5. The van der Waals surface area contributed by atoms with Crippen LogP contribution in [0.1, 0.15) is 37.5 Å². The first-order chi connectivity index (χ1) is 17.0. The van der Waals surface area contributed by atoms with E-state index >= 15 is 0 Å². The van der Waals surface area contributed by atoms with Gasteiger partial charge < -0.3 is 26.0 Å². The lowest BCUT2D eigenvalue weighted by Crippen LogP contribution is -2.58. The van der Waals surface area contributed by atoms with Gasteiger partial charge in [0.2, 0.25) is 5.91 Å². The summed E-state index contributed by atoms with van der Waals surface area (Å²) in [5.74, 6) is -0.602. The lowest BCUT2D eigenvalue weighted by molar-refractivity contribution is -0.147. The highest BCUT2D eigenvalue weighted by atomic mass is 79.9. The van der Waals surface area contributed by atoms with E-state index < -0.39 is 34.9 Å². The zero-order chi connectivity index (χ0) is 26.5. The van der Waals surface area contributed by atoms with E-state index in [2.05, 4.69) is 31.9 Å². The summed E-state index contributed by atoms with van der Waals surface area (Å²) in [7, 11) is 0. The van der Waals surface area contributed by atoms with Gasteiger partial charge in [0.15, 0.2) is 6.10 Å². The van der Waals surface area contributed by atoms with Crippen molar-refractivity contribution in [1.29, 1.82) is 0 Å². The number of aliphatic hydroxyl groups excluding tert-OH is 1. The normalized spacial score (nSPS) is 18.3. The Hall–Kier alpha value is -2.56. The molecular weight excluding hydrogens is 544 g/mol. The predicted octanol–water partition coefficient (Wildman–Crippen LogP) is 3.30. The van der Waals surface area contributed by atoms with Crippen LogP contribution in [0.25, 0.3) is 0 Å². The third kappa shape index (κ3) is 6.80. The number of urea groups is 1. The molecule has 1 aliphatic rings. The van der Waals surface area contributed by atoms with Gasteiger partial charge in [-0.2, -0.15) is 0 Å². The molecule has 10 heteroatoms. The number of carbonyl (C=O) groups is 3. The fraction of sp³-hybridized carbons (Fsp3) is 0.423. The molecule has 0 radical (unpaired) electrons. The number of aliphatic hydroxyl groups is 1. The predicted molar refractivity (Wildman–Crippen MR) is 145 cm³/mol.